The molecular weight excluding hydrogens is 357 g/mol. The number of hydrogen-bond donors (Lipinski definition) is 2. The molecule has 8 heteroatoms. The maximum Gasteiger partial charge on any atom is 0.416 e. The van der Waals surface area contributed by atoms with Crippen molar-refractivity contribution in [1.82, 2.24) is 15.5 Å². The van der Waals surface area contributed by atoms with Crippen LogP contribution in [0.3, 0.4) is 0 Å². The molecule has 2 rings (SSSR count). The van der Waals surface area contributed by atoms with Gasteiger partial charge in [0.15, 0.2) is 5.96 Å². The second-order valence-corrected chi connectivity index (χ2v) is 7.27. The molecule has 152 valence electrons. The first kappa shape index (κ1) is 21.5. The maximum absolute atomic E-state index is 13.0. The molecule has 0 unspecified atom stereocenters. The molecule has 0 saturated carbocycles. The highest BCUT2D eigenvalue weighted by atomic mass is 19.4. The monoisotopic (exact) mass is 386 g/mol. The lowest BCUT2D eigenvalue weighted by Gasteiger charge is -2.28. The Balaban J connectivity index is 1.86. The van der Waals surface area contributed by atoms with Gasteiger partial charge in [-0.3, -0.25) is 9.89 Å². The molecule has 1 aromatic rings. The summed E-state index contributed by atoms with van der Waals surface area (Å²) < 4.78 is 44.2. The Morgan fingerprint density at radius 3 is 2.44 bits per heavy atom. The number of nitrogens with zero attached hydrogens (tertiary/aromatic N) is 2. The Morgan fingerprint density at radius 2 is 1.81 bits per heavy atom. The van der Waals surface area contributed by atoms with Crippen molar-refractivity contribution in [1.29, 1.82) is 0 Å². The average Bonchev–Trinajstić information content (AvgIpc) is 2.65. The second-order valence-electron chi connectivity index (χ2n) is 7.27. The van der Waals surface area contributed by atoms with Gasteiger partial charge in [0.1, 0.15) is 0 Å². The summed E-state index contributed by atoms with van der Waals surface area (Å²) >= 11 is 0. The van der Waals surface area contributed by atoms with Crippen LogP contribution in [-0.2, 0) is 16.3 Å². The van der Waals surface area contributed by atoms with Crippen molar-refractivity contribution in [3.8, 4) is 0 Å². The molecule has 5 nitrogen and oxygen atoms in total. The van der Waals surface area contributed by atoms with Crippen LogP contribution in [0.25, 0.3) is 0 Å². The minimum atomic E-state index is -4.34. The molecular formula is C19H29F3N4O. The van der Waals surface area contributed by atoms with Crippen molar-refractivity contribution < 1.29 is 17.9 Å². The van der Waals surface area contributed by atoms with Crippen LogP contribution >= 0.6 is 0 Å². The first-order valence-electron chi connectivity index (χ1n) is 9.15. The number of nitrogens with one attached hydrogen (secondary N) is 2. The molecule has 0 aromatic heterocycles. The largest absolute Gasteiger partial charge is 0.416 e. The Bertz CT molecular complexity index is 626. The van der Waals surface area contributed by atoms with E-state index in [4.69, 9.17) is 4.74 Å². The molecule has 1 aliphatic rings. The molecule has 0 radical (unpaired) electrons. The van der Waals surface area contributed by atoms with E-state index in [1.54, 1.807) is 13.1 Å². The molecule has 2 N–H and O–H groups in total. The SMILES string of the molecule is CN=C(NCCN1CCOCC1)NCC(C)(C)c1cccc(C(F)(F)F)c1. The molecule has 1 aliphatic heterocycles. The van der Waals surface area contributed by atoms with Crippen LogP contribution in [0.5, 0.6) is 0 Å². The summed E-state index contributed by atoms with van der Waals surface area (Å²) in [5.41, 5.74) is -0.474. The van der Waals surface area contributed by atoms with Crippen LogP contribution in [0.1, 0.15) is 25.0 Å². The van der Waals surface area contributed by atoms with Gasteiger partial charge in [-0.05, 0) is 11.6 Å². The zero-order valence-corrected chi connectivity index (χ0v) is 16.2. The summed E-state index contributed by atoms with van der Waals surface area (Å²) in [6.07, 6.45) is -4.34. The van der Waals surface area contributed by atoms with Gasteiger partial charge in [-0.2, -0.15) is 13.2 Å². The van der Waals surface area contributed by atoms with Crippen LogP contribution in [-0.4, -0.2) is 63.8 Å². The van der Waals surface area contributed by atoms with E-state index in [-0.39, 0.29) is 0 Å². The van der Waals surface area contributed by atoms with Crippen molar-refractivity contribution in [3.63, 3.8) is 0 Å². The Labute approximate surface area is 159 Å². The number of hydrogen-bond acceptors (Lipinski definition) is 3. The number of benzene rings is 1. The number of aliphatic imine (C=N–C) groups is 1. The lowest BCUT2D eigenvalue weighted by molar-refractivity contribution is -0.137. The molecule has 27 heavy (non-hydrogen) atoms. The molecule has 0 bridgehead atoms. The number of halogens is 3. The van der Waals surface area contributed by atoms with E-state index in [0.717, 1.165) is 45.5 Å². The molecule has 0 aliphatic carbocycles. The van der Waals surface area contributed by atoms with Gasteiger partial charge in [-0.25, -0.2) is 0 Å². The average molecular weight is 386 g/mol. The third-order valence-electron chi connectivity index (χ3n) is 4.72. The van der Waals surface area contributed by atoms with E-state index in [2.05, 4.69) is 20.5 Å². The van der Waals surface area contributed by atoms with Gasteiger partial charge in [-0.15, -0.1) is 0 Å². The summed E-state index contributed by atoms with van der Waals surface area (Å²) in [5.74, 6) is 0.642. The third-order valence-corrected chi connectivity index (χ3v) is 4.72. The first-order chi connectivity index (χ1) is 12.7. The number of morpholine rings is 1. The maximum atomic E-state index is 13.0. The summed E-state index contributed by atoms with van der Waals surface area (Å²) in [5, 5.41) is 6.47. The van der Waals surface area contributed by atoms with Crippen LogP contribution in [0.2, 0.25) is 0 Å². The van der Waals surface area contributed by atoms with Gasteiger partial charge < -0.3 is 15.4 Å². The van der Waals surface area contributed by atoms with Crippen LogP contribution in [0.4, 0.5) is 13.2 Å². The predicted molar refractivity (Wildman–Crippen MR) is 101 cm³/mol. The third kappa shape index (κ3) is 6.70. The minimum absolute atomic E-state index is 0.464. The first-order valence-corrected chi connectivity index (χ1v) is 9.15. The lowest BCUT2D eigenvalue weighted by atomic mass is 9.84. The van der Waals surface area contributed by atoms with Crippen molar-refractivity contribution in [2.45, 2.75) is 25.4 Å². The lowest BCUT2D eigenvalue weighted by Crippen LogP contribution is -2.46. The van der Waals surface area contributed by atoms with Gasteiger partial charge in [0.05, 0.1) is 18.8 Å². The molecule has 1 aromatic carbocycles. The number of guanidine groups is 1. The van der Waals surface area contributed by atoms with E-state index >= 15 is 0 Å². The smallest absolute Gasteiger partial charge is 0.379 e. The Hall–Kier alpha value is -1.80. The van der Waals surface area contributed by atoms with Gasteiger partial charge in [0, 0.05) is 45.2 Å². The van der Waals surface area contributed by atoms with Gasteiger partial charge >= 0.3 is 6.18 Å². The zero-order chi connectivity index (χ0) is 19.9. The molecule has 0 atom stereocenters. The molecule has 0 amide bonds. The van der Waals surface area contributed by atoms with Gasteiger partial charge in [-0.1, -0.05) is 32.0 Å². The van der Waals surface area contributed by atoms with Crippen LogP contribution in [0.15, 0.2) is 29.3 Å². The fraction of sp³-hybridized carbons (Fsp3) is 0.632. The van der Waals surface area contributed by atoms with E-state index in [1.807, 2.05) is 13.8 Å². The fourth-order valence-corrected chi connectivity index (χ4v) is 2.90. The van der Waals surface area contributed by atoms with Crippen molar-refractivity contribution in [2.75, 3.05) is 53.0 Å². The summed E-state index contributed by atoms with van der Waals surface area (Å²) in [6, 6.07) is 5.50. The highest BCUT2D eigenvalue weighted by molar-refractivity contribution is 5.79. The zero-order valence-electron chi connectivity index (χ0n) is 16.2. The van der Waals surface area contributed by atoms with E-state index in [9.17, 15) is 13.2 Å². The number of ether oxygens (including phenoxy) is 1. The topological polar surface area (TPSA) is 48.9 Å². The predicted octanol–water partition coefficient (Wildman–Crippen LogP) is 2.48. The van der Waals surface area contributed by atoms with E-state index in [0.29, 0.717) is 18.1 Å². The minimum Gasteiger partial charge on any atom is -0.379 e. The second kappa shape index (κ2) is 9.41. The number of rotatable bonds is 6. The molecule has 1 saturated heterocycles. The van der Waals surface area contributed by atoms with Crippen LogP contribution in [0, 0.1) is 0 Å². The Morgan fingerprint density at radius 1 is 1.15 bits per heavy atom. The van der Waals surface area contributed by atoms with Crippen molar-refractivity contribution in [3.05, 3.63) is 35.4 Å². The van der Waals surface area contributed by atoms with E-state index < -0.39 is 17.2 Å². The Kier molecular flexibility index (Phi) is 7.49. The van der Waals surface area contributed by atoms with Gasteiger partial charge in [0.25, 0.3) is 0 Å². The highest BCUT2D eigenvalue weighted by Gasteiger charge is 2.32. The fourth-order valence-electron chi connectivity index (χ4n) is 2.90. The van der Waals surface area contributed by atoms with Gasteiger partial charge in [0.2, 0.25) is 0 Å². The molecule has 0 spiro atoms. The summed E-state index contributed by atoms with van der Waals surface area (Å²) in [6.45, 7) is 9.30. The normalized spacial score (nSPS) is 17.0. The summed E-state index contributed by atoms with van der Waals surface area (Å²) in [7, 11) is 1.68. The standard InChI is InChI=1S/C19H29F3N4O/c1-18(2,15-5-4-6-16(13-15)19(20,21)22)14-25-17(23-3)24-7-8-26-9-11-27-12-10-26/h4-6,13H,7-12,14H2,1-3H3,(H2,23,24,25). The molecule has 1 fully saturated rings. The number of alkyl halides is 3. The van der Waals surface area contributed by atoms with E-state index in [1.165, 1.54) is 12.1 Å². The van der Waals surface area contributed by atoms with Crippen molar-refractivity contribution >= 4 is 5.96 Å². The summed E-state index contributed by atoms with van der Waals surface area (Å²) in [4.78, 5) is 6.51. The highest BCUT2D eigenvalue weighted by Crippen LogP contribution is 2.32. The van der Waals surface area contributed by atoms with Crippen molar-refractivity contribution in [2.24, 2.45) is 4.99 Å². The quantitative estimate of drug-likeness (QED) is 0.583. The molecule has 1 heterocycles. The van der Waals surface area contributed by atoms with Crippen LogP contribution < -0.4 is 10.6 Å².